The van der Waals surface area contributed by atoms with Gasteiger partial charge in [-0.25, -0.2) is 0 Å². The molecule has 0 amide bonds. The third-order valence-corrected chi connectivity index (χ3v) is 5.56. The number of rotatable bonds is 10. The van der Waals surface area contributed by atoms with Crippen LogP contribution in [0.15, 0.2) is 97.1 Å². The zero-order chi connectivity index (χ0) is 21.0. The van der Waals surface area contributed by atoms with E-state index in [1.807, 2.05) is 0 Å². The van der Waals surface area contributed by atoms with Crippen LogP contribution in [-0.4, -0.2) is 0 Å². The van der Waals surface area contributed by atoms with Crippen molar-refractivity contribution >= 4 is 0 Å². The lowest BCUT2D eigenvalue weighted by Gasteiger charge is -2.07. The molecule has 0 N–H and O–H groups in total. The monoisotopic (exact) mass is 394 g/mol. The highest BCUT2D eigenvalue weighted by Crippen LogP contribution is 2.16. The number of benzene rings is 3. The fourth-order valence-corrected chi connectivity index (χ4v) is 3.73. The summed E-state index contributed by atoms with van der Waals surface area (Å²) in [5.74, 6) is 0. The summed E-state index contributed by atoms with van der Waals surface area (Å²) in [6, 6.07) is 27.3. The SMILES string of the molecule is CC=CCCc1ccc(Cc2ccc(Cc3ccc(CCC=CC)cc3)cc2)cc1. The van der Waals surface area contributed by atoms with Gasteiger partial charge in [0.15, 0.2) is 0 Å². The van der Waals surface area contributed by atoms with E-state index in [-0.39, 0.29) is 0 Å². The summed E-state index contributed by atoms with van der Waals surface area (Å²) >= 11 is 0. The second kappa shape index (κ2) is 12.0. The van der Waals surface area contributed by atoms with Crippen molar-refractivity contribution in [2.24, 2.45) is 0 Å². The van der Waals surface area contributed by atoms with Gasteiger partial charge in [-0.3, -0.25) is 0 Å². The van der Waals surface area contributed by atoms with Gasteiger partial charge in [0, 0.05) is 0 Å². The van der Waals surface area contributed by atoms with Gasteiger partial charge in [0.2, 0.25) is 0 Å². The highest BCUT2D eigenvalue weighted by molar-refractivity contribution is 5.33. The van der Waals surface area contributed by atoms with E-state index in [0.29, 0.717) is 0 Å². The highest BCUT2D eigenvalue weighted by Gasteiger charge is 2.01. The molecule has 154 valence electrons. The number of hydrogen-bond acceptors (Lipinski definition) is 0. The molecule has 0 nitrogen and oxygen atoms in total. The summed E-state index contributed by atoms with van der Waals surface area (Å²) in [5, 5.41) is 0. The Hall–Kier alpha value is -2.86. The van der Waals surface area contributed by atoms with Gasteiger partial charge in [0.25, 0.3) is 0 Å². The van der Waals surface area contributed by atoms with Crippen LogP contribution < -0.4 is 0 Å². The minimum absolute atomic E-state index is 0.996. The predicted molar refractivity (Wildman–Crippen MR) is 131 cm³/mol. The Morgan fingerprint density at radius 3 is 0.967 bits per heavy atom. The molecular formula is C30H34. The Kier molecular flexibility index (Phi) is 8.72. The molecule has 3 aromatic carbocycles. The molecule has 0 unspecified atom stereocenters. The Morgan fingerprint density at radius 2 is 0.700 bits per heavy atom. The lowest BCUT2D eigenvalue weighted by atomic mass is 9.98. The molecule has 0 heteroatoms. The van der Waals surface area contributed by atoms with Crippen LogP contribution in [0.1, 0.15) is 60.1 Å². The molecule has 0 fully saturated rings. The van der Waals surface area contributed by atoms with E-state index in [0.717, 1.165) is 38.5 Å². The molecule has 0 spiro atoms. The first-order chi connectivity index (χ1) is 14.8. The molecule has 0 aromatic heterocycles. The summed E-state index contributed by atoms with van der Waals surface area (Å²) in [5.41, 5.74) is 8.34. The number of allylic oxidation sites excluding steroid dienone is 4. The normalized spacial score (nSPS) is 11.5. The Labute approximate surface area is 183 Å². The van der Waals surface area contributed by atoms with Crippen molar-refractivity contribution in [3.8, 4) is 0 Å². The minimum Gasteiger partial charge on any atom is -0.0917 e. The van der Waals surface area contributed by atoms with Crippen LogP contribution in [-0.2, 0) is 25.7 Å². The molecule has 30 heavy (non-hydrogen) atoms. The van der Waals surface area contributed by atoms with Crippen molar-refractivity contribution in [2.75, 3.05) is 0 Å². The van der Waals surface area contributed by atoms with Crippen molar-refractivity contribution in [1.82, 2.24) is 0 Å². The first-order valence-corrected chi connectivity index (χ1v) is 11.2. The van der Waals surface area contributed by atoms with Crippen LogP contribution in [0, 0.1) is 0 Å². The first-order valence-electron chi connectivity index (χ1n) is 11.2. The molecule has 3 rings (SSSR count). The molecule has 0 saturated carbocycles. The Bertz CT molecular complexity index is 842. The molecule has 0 aliphatic carbocycles. The van der Waals surface area contributed by atoms with E-state index in [1.165, 1.54) is 33.4 Å². The topological polar surface area (TPSA) is 0 Å². The van der Waals surface area contributed by atoms with Crippen molar-refractivity contribution in [3.05, 3.63) is 130 Å². The van der Waals surface area contributed by atoms with E-state index in [9.17, 15) is 0 Å². The average Bonchev–Trinajstić information content (AvgIpc) is 2.78. The lowest BCUT2D eigenvalue weighted by Crippen LogP contribution is -1.93. The summed E-state index contributed by atoms with van der Waals surface area (Å²) in [7, 11) is 0. The van der Waals surface area contributed by atoms with E-state index in [1.54, 1.807) is 0 Å². The second-order valence-electron chi connectivity index (χ2n) is 8.02. The van der Waals surface area contributed by atoms with Gasteiger partial charge in [-0.1, -0.05) is 97.1 Å². The van der Waals surface area contributed by atoms with Crippen molar-refractivity contribution < 1.29 is 0 Å². The van der Waals surface area contributed by atoms with Crippen LogP contribution >= 0.6 is 0 Å². The zero-order valence-corrected chi connectivity index (χ0v) is 18.5. The first kappa shape index (κ1) is 21.8. The van der Waals surface area contributed by atoms with Crippen LogP contribution in [0.5, 0.6) is 0 Å². The fraction of sp³-hybridized carbons (Fsp3) is 0.267. The van der Waals surface area contributed by atoms with Crippen LogP contribution in [0.25, 0.3) is 0 Å². The maximum absolute atomic E-state index is 2.28. The smallest absolute Gasteiger partial charge is 0.00258 e. The van der Waals surface area contributed by atoms with E-state index in [2.05, 4.69) is 111 Å². The van der Waals surface area contributed by atoms with Gasteiger partial charge < -0.3 is 0 Å². The van der Waals surface area contributed by atoms with Gasteiger partial charge in [0.1, 0.15) is 0 Å². The Balaban J connectivity index is 1.52. The third-order valence-electron chi connectivity index (χ3n) is 5.56. The van der Waals surface area contributed by atoms with Crippen LogP contribution in [0.4, 0.5) is 0 Å². The van der Waals surface area contributed by atoms with Gasteiger partial charge >= 0.3 is 0 Å². The van der Waals surface area contributed by atoms with Crippen molar-refractivity contribution in [1.29, 1.82) is 0 Å². The summed E-state index contributed by atoms with van der Waals surface area (Å²) in [6.45, 7) is 4.16. The average molecular weight is 395 g/mol. The molecule has 0 aliphatic rings. The number of aryl methyl sites for hydroxylation is 2. The zero-order valence-electron chi connectivity index (χ0n) is 18.5. The highest BCUT2D eigenvalue weighted by atomic mass is 14.1. The summed E-state index contributed by atoms with van der Waals surface area (Å²) in [6.07, 6.45) is 15.2. The third kappa shape index (κ3) is 7.19. The molecule has 0 saturated heterocycles. The van der Waals surface area contributed by atoms with Crippen LogP contribution in [0.3, 0.4) is 0 Å². The molecule has 0 bridgehead atoms. The van der Waals surface area contributed by atoms with Gasteiger partial charge in [0.05, 0.1) is 0 Å². The second-order valence-corrected chi connectivity index (χ2v) is 8.02. The summed E-state index contributed by atoms with van der Waals surface area (Å²) in [4.78, 5) is 0. The molecule has 0 aliphatic heterocycles. The largest absolute Gasteiger partial charge is 0.0917 e. The molecule has 0 heterocycles. The van der Waals surface area contributed by atoms with E-state index >= 15 is 0 Å². The maximum Gasteiger partial charge on any atom is -0.00258 e. The fourth-order valence-electron chi connectivity index (χ4n) is 3.73. The summed E-state index contributed by atoms with van der Waals surface area (Å²) < 4.78 is 0. The quantitative estimate of drug-likeness (QED) is 0.307. The predicted octanol–water partition coefficient (Wildman–Crippen LogP) is 7.89. The molecule has 0 atom stereocenters. The van der Waals surface area contributed by atoms with E-state index in [4.69, 9.17) is 0 Å². The van der Waals surface area contributed by atoms with E-state index < -0.39 is 0 Å². The molecule has 3 aromatic rings. The maximum atomic E-state index is 2.28. The van der Waals surface area contributed by atoms with Crippen molar-refractivity contribution in [3.63, 3.8) is 0 Å². The Morgan fingerprint density at radius 1 is 0.433 bits per heavy atom. The molecule has 0 radical (unpaired) electrons. The van der Waals surface area contributed by atoms with Gasteiger partial charge in [-0.05, 0) is 85.8 Å². The minimum atomic E-state index is 0.996. The standard InChI is InChI=1S/C30H34/c1-3-5-7-9-25-11-15-27(16-12-25)23-29-19-21-30(22-20-29)24-28-17-13-26(14-18-28)10-8-6-4-2/h3-6,11-22H,7-10,23-24H2,1-2H3. The van der Waals surface area contributed by atoms with Gasteiger partial charge in [-0.15, -0.1) is 0 Å². The van der Waals surface area contributed by atoms with Gasteiger partial charge in [-0.2, -0.15) is 0 Å². The lowest BCUT2D eigenvalue weighted by molar-refractivity contribution is 0.995. The number of hydrogen-bond donors (Lipinski definition) is 0. The molecular weight excluding hydrogens is 360 g/mol. The van der Waals surface area contributed by atoms with Crippen molar-refractivity contribution in [2.45, 2.75) is 52.4 Å². The van der Waals surface area contributed by atoms with Crippen LogP contribution in [0.2, 0.25) is 0 Å².